The first kappa shape index (κ1) is 16.0. The summed E-state index contributed by atoms with van der Waals surface area (Å²) >= 11 is 1.68. The number of thiazole rings is 1. The Morgan fingerprint density at radius 3 is 2.79 bits per heavy atom. The highest BCUT2D eigenvalue weighted by atomic mass is 127. The van der Waals surface area contributed by atoms with Crippen molar-refractivity contribution >= 4 is 41.3 Å². The maximum Gasteiger partial charge on any atom is 0.191 e. The van der Waals surface area contributed by atoms with Crippen molar-refractivity contribution in [1.29, 1.82) is 0 Å². The third kappa shape index (κ3) is 5.19. The molecule has 0 radical (unpaired) electrons. The van der Waals surface area contributed by atoms with Gasteiger partial charge in [-0.1, -0.05) is 0 Å². The number of hydrogen-bond acceptors (Lipinski definition) is 4. The number of guanidine groups is 1. The van der Waals surface area contributed by atoms with Crippen LogP contribution in [0, 0.1) is 6.92 Å². The van der Waals surface area contributed by atoms with Gasteiger partial charge < -0.3 is 15.1 Å². The van der Waals surface area contributed by atoms with E-state index in [0.717, 1.165) is 23.3 Å². The quantitative estimate of drug-likeness (QED) is 0.477. The van der Waals surface area contributed by atoms with E-state index in [9.17, 15) is 0 Å². The lowest BCUT2D eigenvalue weighted by molar-refractivity contribution is 0.501. The van der Waals surface area contributed by atoms with Crippen molar-refractivity contribution in [2.75, 3.05) is 7.05 Å². The molecule has 2 heterocycles. The average Bonchev–Trinajstić information content (AvgIpc) is 3.01. The zero-order valence-corrected chi connectivity index (χ0v) is 14.0. The molecule has 0 saturated carbocycles. The highest BCUT2D eigenvalue weighted by molar-refractivity contribution is 14.0. The monoisotopic (exact) mass is 392 g/mol. The van der Waals surface area contributed by atoms with Crippen molar-refractivity contribution in [2.24, 2.45) is 4.99 Å². The second kappa shape index (κ2) is 8.16. The van der Waals surface area contributed by atoms with Crippen molar-refractivity contribution < 1.29 is 4.42 Å². The Morgan fingerprint density at radius 2 is 2.21 bits per heavy atom. The fourth-order valence-corrected chi connectivity index (χ4v) is 2.20. The molecule has 0 aromatic carbocycles. The number of furan rings is 1. The molecule has 2 rings (SSSR count). The van der Waals surface area contributed by atoms with Gasteiger partial charge in [-0.2, -0.15) is 0 Å². The Balaban J connectivity index is 0.00000180. The first-order valence-corrected chi connectivity index (χ1v) is 6.48. The van der Waals surface area contributed by atoms with Crippen LogP contribution in [0.5, 0.6) is 0 Å². The third-order valence-electron chi connectivity index (χ3n) is 2.33. The van der Waals surface area contributed by atoms with E-state index in [1.807, 2.05) is 25.3 Å². The Morgan fingerprint density at radius 1 is 1.42 bits per heavy atom. The number of rotatable bonds is 4. The summed E-state index contributed by atoms with van der Waals surface area (Å²) < 4.78 is 5.24. The van der Waals surface area contributed by atoms with Gasteiger partial charge in [0.1, 0.15) is 5.76 Å². The molecule has 2 aromatic heterocycles. The summed E-state index contributed by atoms with van der Waals surface area (Å²) in [6.07, 6.45) is 3.54. The molecule has 0 atom stereocenters. The number of halogens is 1. The van der Waals surface area contributed by atoms with Crippen LogP contribution < -0.4 is 10.6 Å². The van der Waals surface area contributed by atoms with Crippen LogP contribution in [0.15, 0.2) is 34.0 Å². The highest BCUT2D eigenvalue weighted by Gasteiger charge is 2.02. The van der Waals surface area contributed by atoms with Crippen LogP contribution in [0.25, 0.3) is 0 Å². The molecule has 0 amide bonds. The van der Waals surface area contributed by atoms with Gasteiger partial charge in [-0.05, 0) is 19.1 Å². The topological polar surface area (TPSA) is 62.5 Å². The summed E-state index contributed by atoms with van der Waals surface area (Å²) in [5.74, 6) is 1.63. The Kier molecular flexibility index (Phi) is 6.85. The molecular formula is C12H17IN4OS. The van der Waals surface area contributed by atoms with Crippen LogP contribution in [0.3, 0.4) is 0 Å². The van der Waals surface area contributed by atoms with Crippen molar-refractivity contribution in [3.05, 3.63) is 40.2 Å². The molecule has 5 nitrogen and oxygen atoms in total. The summed E-state index contributed by atoms with van der Waals surface area (Å²) in [4.78, 5) is 9.54. The second-order valence-electron chi connectivity index (χ2n) is 3.70. The molecule has 2 aromatic rings. The normalized spacial score (nSPS) is 10.9. The standard InChI is InChI=1S/C12H16N4OS.HI/c1-9-14-7-11(18-9)8-16-12(13-2)15-6-10-4-3-5-17-10;/h3-5,7H,6,8H2,1-2H3,(H2,13,15,16);1H. The van der Waals surface area contributed by atoms with Gasteiger partial charge in [0.25, 0.3) is 0 Å². The van der Waals surface area contributed by atoms with E-state index in [4.69, 9.17) is 4.42 Å². The van der Waals surface area contributed by atoms with Crippen LogP contribution >= 0.6 is 35.3 Å². The lowest BCUT2D eigenvalue weighted by atomic mass is 10.4. The van der Waals surface area contributed by atoms with Gasteiger partial charge in [-0.25, -0.2) is 4.98 Å². The zero-order valence-electron chi connectivity index (χ0n) is 10.8. The maximum atomic E-state index is 5.24. The van der Waals surface area contributed by atoms with Crippen LogP contribution in [-0.2, 0) is 13.1 Å². The van der Waals surface area contributed by atoms with Crippen molar-refractivity contribution in [3.63, 3.8) is 0 Å². The van der Waals surface area contributed by atoms with Gasteiger partial charge >= 0.3 is 0 Å². The number of hydrogen-bond donors (Lipinski definition) is 2. The maximum absolute atomic E-state index is 5.24. The highest BCUT2D eigenvalue weighted by Crippen LogP contribution is 2.10. The van der Waals surface area contributed by atoms with E-state index >= 15 is 0 Å². The molecular weight excluding hydrogens is 375 g/mol. The molecule has 2 N–H and O–H groups in total. The molecule has 19 heavy (non-hydrogen) atoms. The number of aliphatic imine (C=N–C) groups is 1. The predicted molar refractivity (Wildman–Crippen MR) is 88.0 cm³/mol. The van der Waals surface area contributed by atoms with Gasteiger partial charge in [-0.15, -0.1) is 35.3 Å². The Hall–Kier alpha value is -1.09. The minimum atomic E-state index is 0. The first-order valence-electron chi connectivity index (χ1n) is 5.66. The fourth-order valence-electron chi connectivity index (χ4n) is 1.46. The number of aryl methyl sites for hydroxylation is 1. The molecule has 0 unspecified atom stereocenters. The largest absolute Gasteiger partial charge is 0.467 e. The Labute approximate surface area is 133 Å². The summed E-state index contributed by atoms with van der Waals surface area (Å²) in [6, 6.07) is 3.79. The van der Waals surface area contributed by atoms with E-state index < -0.39 is 0 Å². The lowest BCUT2D eigenvalue weighted by Gasteiger charge is -2.09. The molecule has 104 valence electrons. The molecule has 0 bridgehead atoms. The predicted octanol–water partition coefficient (Wildman–Crippen LogP) is 2.53. The molecule has 0 aliphatic rings. The fraction of sp³-hybridized carbons (Fsp3) is 0.333. The van der Waals surface area contributed by atoms with Crippen molar-refractivity contribution in [1.82, 2.24) is 15.6 Å². The third-order valence-corrected chi connectivity index (χ3v) is 3.25. The van der Waals surface area contributed by atoms with Crippen LogP contribution in [0.1, 0.15) is 15.6 Å². The summed E-state index contributed by atoms with van der Waals surface area (Å²) in [5, 5.41) is 7.48. The molecule has 0 spiro atoms. The van der Waals surface area contributed by atoms with Gasteiger partial charge in [0.05, 0.1) is 24.4 Å². The second-order valence-corrected chi connectivity index (χ2v) is 5.02. The van der Waals surface area contributed by atoms with Gasteiger partial charge in [0, 0.05) is 18.1 Å². The lowest BCUT2D eigenvalue weighted by Crippen LogP contribution is -2.36. The molecule has 0 aliphatic carbocycles. The van der Waals surface area contributed by atoms with Crippen LogP contribution in [0.2, 0.25) is 0 Å². The first-order chi connectivity index (χ1) is 8.78. The van der Waals surface area contributed by atoms with Gasteiger partial charge in [0.2, 0.25) is 0 Å². The van der Waals surface area contributed by atoms with Crippen molar-refractivity contribution in [2.45, 2.75) is 20.0 Å². The van der Waals surface area contributed by atoms with E-state index in [2.05, 4.69) is 20.6 Å². The average molecular weight is 392 g/mol. The molecule has 0 fully saturated rings. The molecule has 7 heteroatoms. The minimum absolute atomic E-state index is 0. The van der Waals surface area contributed by atoms with Gasteiger partial charge in [-0.3, -0.25) is 4.99 Å². The number of nitrogens with one attached hydrogen (secondary N) is 2. The zero-order chi connectivity index (χ0) is 12.8. The Bertz CT molecular complexity index is 510. The van der Waals surface area contributed by atoms with E-state index in [-0.39, 0.29) is 24.0 Å². The summed E-state index contributed by atoms with van der Waals surface area (Å²) in [7, 11) is 1.75. The molecule has 0 saturated heterocycles. The molecule has 0 aliphatic heterocycles. The smallest absolute Gasteiger partial charge is 0.191 e. The summed E-state index contributed by atoms with van der Waals surface area (Å²) in [6.45, 7) is 3.34. The van der Waals surface area contributed by atoms with E-state index in [1.165, 1.54) is 4.88 Å². The van der Waals surface area contributed by atoms with Gasteiger partial charge in [0.15, 0.2) is 5.96 Å². The van der Waals surface area contributed by atoms with Crippen LogP contribution in [-0.4, -0.2) is 18.0 Å². The number of nitrogens with zero attached hydrogens (tertiary/aromatic N) is 2. The van der Waals surface area contributed by atoms with E-state index in [0.29, 0.717) is 6.54 Å². The SMILES string of the molecule is CN=C(NCc1ccco1)NCc1cnc(C)s1.I. The number of aromatic nitrogens is 1. The summed E-state index contributed by atoms with van der Waals surface area (Å²) in [5.41, 5.74) is 0. The van der Waals surface area contributed by atoms with E-state index in [1.54, 1.807) is 24.6 Å². The minimum Gasteiger partial charge on any atom is -0.467 e. The van der Waals surface area contributed by atoms with Crippen molar-refractivity contribution in [3.8, 4) is 0 Å². The van der Waals surface area contributed by atoms with Crippen LogP contribution in [0.4, 0.5) is 0 Å².